The number of hydrogen-bond acceptors (Lipinski definition) is 3. The van der Waals surface area contributed by atoms with Gasteiger partial charge in [0.05, 0.1) is 16.8 Å². The molecule has 0 fully saturated rings. The van der Waals surface area contributed by atoms with Crippen LogP contribution < -0.4 is 5.32 Å². The molecule has 2 aromatic carbocycles. The average molecular weight is 388 g/mol. The Morgan fingerprint density at radius 2 is 1.64 bits per heavy atom. The van der Waals surface area contributed by atoms with Crippen LogP contribution in [0, 0.1) is 13.8 Å². The Morgan fingerprint density at radius 3 is 2.39 bits per heavy atom. The molecule has 0 spiro atoms. The molecule has 1 amide bonds. The summed E-state index contributed by atoms with van der Waals surface area (Å²) in [5.41, 5.74) is 4.69. The SMILES string of the molecule is Cc1cccc(NC(=O)c2c(C)c(-c3ccc(Cl)cc3)nc3ccccc23)n1. The Labute approximate surface area is 168 Å². The van der Waals surface area contributed by atoms with Crippen molar-refractivity contribution in [3.8, 4) is 11.3 Å². The molecule has 1 N–H and O–H groups in total. The molecule has 0 aliphatic heterocycles. The minimum Gasteiger partial charge on any atom is -0.307 e. The Morgan fingerprint density at radius 1 is 0.893 bits per heavy atom. The van der Waals surface area contributed by atoms with Gasteiger partial charge in [-0.15, -0.1) is 0 Å². The van der Waals surface area contributed by atoms with Crippen molar-refractivity contribution >= 4 is 34.2 Å². The molecule has 28 heavy (non-hydrogen) atoms. The van der Waals surface area contributed by atoms with Crippen LogP contribution in [0.15, 0.2) is 66.7 Å². The third kappa shape index (κ3) is 3.47. The topological polar surface area (TPSA) is 54.9 Å². The summed E-state index contributed by atoms with van der Waals surface area (Å²) >= 11 is 6.03. The molecule has 0 saturated heterocycles. The molecule has 0 aliphatic rings. The fraction of sp³-hybridized carbons (Fsp3) is 0.0870. The lowest BCUT2D eigenvalue weighted by Crippen LogP contribution is -2.16. The molecular formula is C23H18ClN3O. The maximum atomic E-state index is 13.2. The molecule has 2 aromatic heterocycles. The number of aromatic nitrogens is 2. The first-order valence-corrected chi connectivity index (χ1v) is 9.31. The highest BCUT2D eigenvalue weighted by atomic mass is 35.5. The van der Waals surface area contributed by atoms with Crippen molar-refractivity contribution in [1.82, 2.24) is 9.97 Å². The Balaban J connectivity index is 1.87. The van der Waals surface area contributed by atoms with Crippen molar-refractivity contribution in [1.29, 1.82) is 0 Å². The number of hydrogen-bond donors (Lipinski definition) is 1. The number of anilines is 1. The Hall–Kier alpha value is -3.24. The van der Waals surface area contributed by atoms with E-state index >= 15 is 0 Å². The van der Waals surface area contributed by atoms with Gasteiger partial charge in [-0.05, 0) is 49.7 Å². The molecule has 138 valence electrons. The predicted molar refractivity (Wildman–Crippen MR) is 114 cm³/mol. The molecule has 4 aromatic rings. The minimum atomic E-state index is -0.204. The summed E-state index contributed by atoms with van der Waals surface area (Å²) < 4.78 is 0. The van der Waals surface area contributed by atoms with Crippen molar-refractivity contribution in [2.45, 2.75) is 13.8 Å². The molecule has 0 saturated carbocycles. The van der Waals surface area contributed by atoms with Crippen molar-refractivity contribution in [3.63, 3.8) is 0 Å². The zero-order valence-electron chi connectivity index (χ0n) is 15.5. The van der Waals surface area contributed by atoms with Crippen LogP contribution in [0.1, 0.15) is 21.6 Å². The number of para-hydroxylation sites is 1. The Bertz CT molecular complexity index is 1190. The summed E-state index contributed by atoms with van der Waals surface area (Å²) in [6, 6.07) is 20.7. The molecule has 4 rings (SSSR count). The zero-order chi connectivity index (χ0) is 19.7. The van der Waals surface area contributed by atoms with E-state index in [1.165, 1.54) is 0 Å². The molecule has 4 nitrogen and oxygen atoms in total. The molecule has 5 heteroatoms. The van der Waals surface area contributed by atoms with E-state index in [1.807, 2.05) is 74.5 Å². The van der Waals surface area contributed by atoms with E-state index < -0.39 is 0 Å². The molecule has 2 heterocycles. The highest BCUT2D eigenvalue weighted by Crippen LogP contribution is 2.30. The van der Waals surface area contributed by atoms with Crippen molar-refractivity contribution in [3.05, 3.63) is 88.6 Å². The van der Waals surface area contributed by atoms with Crippen LogP contribution >= 0.6 is 11.6 Å². The smallest absolute Gasteiger partial charge is 0.257 e. The van der Waals surface area contributed by atoms with Crippen molar-refractivity contribution in [2.24, 2.45) is 0 Å². The van der Waals surface area contributed by atoms with Crippen molar-refractivity contribution < 1.29 is 4.79 Å². The van der Waals surface area contributed by atoms with E-state index in [0.717, 1.165) is 33.4 Å². The number of nitrogens with zero attached hydrogens (tertiary/aromatic N) is 2. The number of benzene rings is 2. The van der Waals surface area contributed by atoms with Gasteiger partial charge in [0, 0.05) is 21.7 Å². The van der Waals surface area contributed by atoms with Crippen LogP contribution in [-0.2, 0) is 0 Å². The maximum absolute atomic E-state index is 13.2. The number of rotatable bonds is 3. The molecule has 0 atom stereocenters. The van der Waals surface area contributed by atoms with Crippen LogP contribution in [0.2, 0.25) is 5.02 Å². The van der Waals surface area contributed by atoms with Gasteiger partial charge in [0.15, 0.2) is 0 Å². The highest BCUT2D eigenvalue weighted by Gasteiger charge is 2.19. The van der Waals surface area contributed by atoms with Gasteiger partial charge in [0.2, 0.25) is 0 Å². The summed E-state index contributed by atoms with van der Waals surface area (Å²) in [6.45, 7) is 3.81. The maximum Gasteiger partial charge on any atom is 0.257 e. The summed E-state index contributed by atoms with van der Waals surface area (Å²) in [5, 5.41) is 4.39. The number of nitrogens with one attached hydrogen (secondary N) is 1. The standard InChI is InChI=1S/C23H18ClN3O/c1-14-6-5-9-20(25-14)27-23(28)21-15(2)22(16-10-12-17(24)13-11-16)26-19-8-4-3-7-18(19)21/h3-13H,1-2H3,(H,25,27,28). The average Bonchev–Trinajstić information content (AvgIpc) is 2.68. The van der Waals surface area contributed by atoms with E-state index in [1.54, 1.807) is 6.07 Å². The van der Waals surface area contributed by atoms with Gasteiger partial charge in [0.1, 0.15) is 5.82 Å². The van der Waals surface area contributed by atoms with Gasteiger partial charge in [-0.2, -0.15) is 0 Å². The molecule has 0 unspecified atom stereocenters. The number of halogens is 1. The van der Waals surface area contributed by atoms with Gasteiger partial charge < -0.3 is 5.32 Å². The van der Waals surface area contributed by atoms with Gasteiger partial charge in [-0.25, -0.2) is 9.97 Å². The lowest BCUT2D eigenvalue weighted by molar-refractivity contribution is 0.102. The lowest BCUT2D eigenvalue weighted by atomic mass is 9.97. The largest absolute Gasteiger partial charge is 0.307 e. The van der Waals surface area contributed by atoms with Crippen LogP contribution in [0.4, 0.5) is 5.82 Å². The van der Waals surface area contributed by atoms with Crippen LogP contribution in [0.25, 0.3) is 22.2 Å². The monoisotopic (exact) mass is 387 g/mol. The van der Waals surface area contributed by atoms with Gasteiger partial charge in [-0.3, -0.25) is 4.79 Å². The minimum absolute atomic E-state index is 0.204. The normalized spacial score (nSPS) is 10.8. The van der Waals surface area contributed by atoms with Crippen LogP contribution in [0.5, 0.6) is 0 Å². The number of pyridine rings is 2. The second-order valence-electron chi connectivity index (χ2n) is 6.60. The summed E-state index contributed by atoms with van der Waals surface area (Å²) in [7, 11) is 0. The summed E-state index contributed by atoms with van der Waals surface area (Å²) in [4.78, 5) is 22.4. The molecule has 0 radical (unpaired) electrons. The highest BCUT2D eigenvalue weighted by molar-refractivity contribution is 6.30. The number of fused-ring (bicyclic) bond motifs is 1. The molecule has 0 aliphatic carbocycles. The summed E-state index contributed by atoms with van der Waals surface area (Å²) in [5.74, 6) is 0.322. The lowest BCUT2D eigenvalue weighted by Gasteiger charge is -2.15. The van der Waals surface area contributed by atoms with Gasteiger partial charge >= 0.3 is 0 Å². The van der Waals surface area contributed by atoms with Crippen LogP contribution in [0.3, 0.4) is 0 Å². The number of carbonyl (C=O) groups is 1. The predicted octanol–water partition coefficient (Wildman–Crippen LogP) is 5.82. The fourth-order valence-corrected chi connectivity index (χ4v) is 3.41. The first kappa shape index (κ1) is 18.1. The van der Waals surface area contributed by atoms with Crippen molar-refractivity contribution in [2.75, 3.05) is 5.32 Å². The number of amides is 1. The van der Waals surface area contributed by atoms with E-state index in [2.05, 4.69) is 10.3 Å². The van der Waals surface area contributed by atoms with Crippen LogP contribution in [-0.4, -0.2) is 15.9 Å². The first-order chi connectivity index (χ1) is 13.5. The fourth-order valence-electron chi connectivity index (χ4n) is 3.28. The first-order valence-electron chi connectivity index (χ1n) is 8.93. The molecular weight excluding hydrogens is 370 g/mol. The van der Waals surface area contributed by atoms with E-state index in [0.29, 0.717) is 16.4 Å². The number of aryl methyl sites for hydroxylation is 1. The van der Waals surface area contributed by atoms with E-state index in [9.17, 15) is 4.79 Å². The zero-order valence-corrected chi connectivity index (χ0v) is 16.3. The van der Waals surface area contributed by atoms with Gasteiger partial charge in [-0.1, -0.05) is 48.0 Å². The van der Waals surface area contributed by atoms with E-state index in [-0.39, 0.29) is 5.91 Å². The third-order valence-corrected chi connectivity index (χ3v) is 4.86. The second-order valence-corrected chi connectivity index (χ2v) is 7.04. The Kier molecular flexibility index (Phi) is 4.80. The third-order valence-electron chi connectivity index (χ3n) is 4.61. The summed E-state index contributed by atoms with van der Waals surface area (Å²) in [6.07, 6.45) is 0. The van der Waals surface area contributed by atoms with Gasteiger partial charge in [0.25, 0.3) is 5.91 Å². The quantitative estimate of drug-likeness (QED) is 0.482. The number of carbonyl (C=O) groups excluding carboxylic acids is 1. The molecule has 0 bridgehead atoms. The second kappa shape index (κ2) is 7.41. The van der Waals surface area contributed by atoms with E-state index in [4.69, 9.17) is 16.6 Å².